The smallest absolute Gasteiger partial charge is 0.312 e. The summed E-state index contributed by atoms with van der Waals surface area (Å²) in [6, 6.07) is 31.7. The predicted molar refractivity (Wildman–Crippen MR) is 175 cm³/mol. The van der Waals surface area contributed by atoms with E-state index in [0.29, 0.717) is 35.7 Å². The van der Waals surface area contributed by atoms with Crippen molar-refractivity contribution >= 4 is 29.3 Å². The van der Waals surface area contributed by atoms with E-state index < -0.39 is 35.2 Å². The van der Waals surface area contributed by atoms with Gasteiger partial charge in [-0.2, -0.15) is 0 Å². The maximum Gasteiger partial charge on any atom is 0.312 e. The van der Waals surface area contributed by atoms with Crippen molar-refractivity contribution in [2.24, 2.45) is 16.3 Å². The zero-order valence-corrected chi connectivity index (χ0v) is 25.9. The highest BCUT2D eigenvalue weighted by Gasteiger charge is 2.59. The molecule has 0 saturated carbocycles. The summed E-state index contributed by atoms with van der Waals surface area (Å²) in [6.45, 7) is 2.00. The lowest BCUT2D eigenvalue weighted by Crippen LogP contribution is -2.56. The lowest BCUT2D eigenvalue weighted by Gasteiger charge is -2.48. The molecule has 2 N–H and O–H groups in total. The Labute approximate surface area is 268 Å². The van der Waals surface area contributed by atoms with Crippen LogP contribution in [0.1, 0.15) is 54.0 Å². The van der Waals surface area contributed by atoms with Crippen LogP contribution in [0.4, 0.5) is 0 Å². The van der Waals surface area contributed by atoms with E-state index in [1.165, 1.54) is 0 Å². The molecule has 45 heavy (non-hydrogen) atoms. The minimum atomic E-state index is -1.61. The van der Waals surface area contributed by atoms with Gasteiger partial charge in [0.2, 0.25) is 0 Å². The first-order chi connectivity index (χ1) is 21.8. The van der Waals surface area contributed by atoms with E-state index in [0.717, 1.165) is 16.8 Å². The molecule has 0 saturated heterocycles. The summed E-state index contributed by atoms with van der Waals surface area (Å²) in [5.41, 5.74) is 2.28. The van der Waals surface area contributed by atoms with Crippen molar-refractivity contribution in [3.05, 3.63) is 137 Å². The van der Waals surface area contributed by atoms with Gasteiger partial charge < -0.3 is 14.9 Å². The number of carbonyl (C=O) groups is 2. The average molecular weight is 625 g/mol. The number of aliphatic carboxylic acids is 2. The van der Waals surface area contributed by atoms with Crippen LogP contribution >= 0.6 is 11.6 Å². The third-order valence-electron chi connectivity index (χ3n) is 8.92. The Morgan fingerprint density at radius 2 is 1.58 bits per heavy atom. The van der Waals surface area contributed by atoms with Gasteiger partial charge in [-0.05, 0) is 60.7 Å². The van der Waals surface area contributed by atoms with Crippen LogP contribution in [0.15, 0.2) is 114 Å². The summed E-state index contributed by atoms with van der Waals surface area (Å²) in [5, 5.41) is 22.2. The first-order valence-electron chi connectivity index (χ1n) is 15.1. The number of pyridine rings is 1. The number of carboxylic acids is 2. The second-order valence-corrected chi connectivity index (χ2v) is 12.0. The molecular weight excluding hydrogens is 588 g/mol. The van der Waals surface area contributed by atoms with Crippen molar-refractivity contribution in [3.8, 4) is 0 Å². The molecule has 2 heterocycles. The number of hydrogen-bond acceptors (Lipinski definition) is 5. The third-order valence-corrected chi connectivity index (χ3v) is 9.15. The minimum Gasteiger partial charge on any atom is -0.481 e. The largest absolute Gasteiger partial charge is 0.481 e. The topological polar surface area (TPSA) is 109 Å². The second kappa shape index (κ2) is 14.6. The molecule has 0 spiro atoms. The van der Waals surface area contributed by atoms with E-state index in [2.05, 4.69) is 4.98 Å². The van der Waals surface area contributed by atoms with Gasteiger partial charge in [0, 0.05) is 40.9 Å². The molecule has 8 heteroatoms. The molecule has 0 amide bonds. The first-order valence-corrected chi connectivity index (χ1v) is 15.5. The monoisotopic (exact) mass is 624 g/mol. The number of carboxylic acid groups (broad SMARTS) is 2. The molecule has 7 nitrogen and oxygen atoms in total. The normalized spacial score (nSPS) is 21.3. The number of aliphatic imine (C=N–C) groups is 1. The molecule has 4 unspecified atom stereocenters. The fourth-order valence-electron chi connectivity index (χ4n) is 6.79. The maximum atomic E-state index is 13.8. The zero-order valence-electron chi connectivity index (χ0n) is 25.1. The summed E-state index contributed by atoms with van der Waals surface area (Å²) < 4.78 is 6.13. The van der Waals surface area contributed by atoms with Gasteiger partial charge in [-0.3, -0.25) is 19.6 Å². The summed E-state index contributed by atoms with van der Waals surface area (Å²) >= 11 is 6.43. The van der Waals surface area contributed by atoms with Crippen molar-refractivity contribution in [3.63, 3.8) is 0 Å². The van der Waals surface area contributed by atoms with Crippen LogP contribution in [0, 0.1) is 11.3 Å². The molecule has 0 fully saturated rings. The van der Waals surface area contributed by atoms with Gasteiger partial charge in [-0.25, -0.2) is 0 Å². The molecule has 1 aliphatic heterocycles. The predicted octanol–water partition coefficient (Wildman–Crippen LogP) is 7.31. The number of aromatic nitrogens is 1. The van der Waals surface area contributed by atoms with E-state index >= 15 is 0 Å². The lowest BCUT2D eigenvalue weighted by molar-refractivity contribution is -0.158. The van der Waals surface area contributed by atoms with Gasteiger partial charge in [-0.15, -0.1) is 0 Å². The number of ether oxygens (including phenoxy) is 1. The first kappa shape index (κ1) is 32.1. The van der Waals surface area contributed by atoms with Gasteiger partial charge in [0.15, 0.2) is 0 Å². The number of benzene rings is 3. The molecule has 1 aromatic heterocycles. The van der Waals surface area contributed by atoms with E-state index in [-0.39, 0.29) is 18.9 Å². The van der Waals surface area contributed by atoms with Gasteiger partial charge >= 0.3 is 11.9 Å². The Morgan fingerprint density at radius 3 is 2.16 bits per heavy atom. The molecule has 4 aromatic rings. The lowest BCUT2D eigenvalue weighted by atomic mass is 9.57. The Kier molecular flexibility index (Phi) is 10.4. The van der Waals surface area contributed by atoms with Crippen LogP contribution in [0.3, 0.4) is 0 Å². The van der Waals surface area contributed by atoms with Crippen molar-refractivity contribution in [2.45, 2.75) is 44.1 Å². The fraction of sp³-hybridized carbons (Fsp3) is 0.297. The maximum absolute atomic E-state index is 13.8. The molecule has 5 rings (SSSR count). The second-order valence-electron chi connectivity index (χ2n) is 11.5. The van der Waals surface area contributed by atoms with Crippen LogP contribution < -0.4 is 0 Å². The van der Waals surface area contributed by atoms with Crippen molar-refractivity contribution < 1.29 is 24.5 Å². The van der Waals surface area contributed by atoms with E-state index in [1.54, 1.807) is 37.4 Å². The highest BCUT2D eigenvalue weighted by molar-refractivity contribution is 6.30. The Bertz CT molecular complexity index is 1580. The highest BCUT2D eigenvalue weighted by atomic mass is 35.5. The molecule has 0 bridgehead atoms. The standard InChI is InChI=1S/C37H37ClN2O5/c1-25-33(35(41)42)34(28-15-10-16-29(38)23-28)37(36(43)44,32(40-25)24-45-22-19-30-17-8-9-21-39-30)20-18-31(26-11-4-2-5-12-26)27-13-6-3-7-14-27/h2-17,21,23,31-34H,18-20,22,24H2,1H3,(H,41,42)(H,43,44). The van der Waals surface area contributed by atoms with Crippen LogP contribution in [0.2, 0.25) is 5.02 Å². The van der Waals surface area contributed by atoms with Gasteiger partial charge in [-0.1, -0.05) is 90.5 Å². The zero-order chi connectivity index (χ0) is 31.8. The molecular formula is C37H37ClN2O5. The SMILES string of the molecule is CC1=NC(COCCc2ccccn2)C(CCC(c2ccccc2)c2ccccc2)(C(=O)O)C(c2cccc(Cl)c2)C1C(=O)O. The summed E-state index contributed by atoms with van der Waals surface area (Å²) in [4.78, 5) is 35.9. The molecule has 3 aromatic carbocycles. The third kappa shape index (κ3) is 7.16. The number of nitrogens with zero attached hydrogens (tertiary/aromatic N) is 2. The number of halogens is 1. The summed E-state index contributed by atoms with van der Waals surface area (Å²) in [7, 11) is 0. The minimum absolute atomic E-state index is 0.0151. The summed E-state index contributed by atoms with van der Waals surface area (Å²) in [6.07, 6.45) is 2.87. The molecule has 232 valence electrons. The van der Waals surface area contributed by atoms with E-state index in [4.69, 9.17) is 21.3 Å². The van der Waals surface area contributed by atoms with Gasteiger partial charge in [0.05, 0.1) is 19.3 Å². The van der Waals surface area contributed by atoms with E-state index in [1.807, 2.05) is 78.9 Å². The van der Waals surface area contributed by atoms with Crippen molar-refractivity contribution in [1.82, 2.24) is 4.98 Å². The summed E-state index contributed by atoms with van der Waals surface area (Å²) in [5.74, 6) is -4.45. The van der Waals surface area contributed by atoms with Crippen LogP contribution in [0.5, 0.6) is 0 Å². The highest BCUT2D eigenvalue weighted by Crippen LogP contribution is 2.53. The van der Waals surface area contributed by atoms with E-state index in [9.17, 15) is 19.8 Å². The van der Waals surface area contributed by atoms with Crippen molar-refractivity contribution in [2.75, 3.05) is 13.2 Å². The Balaban J connectivity index is 1.58. The molecule has 4 atom stereocenters. The fourth-order valence-corrected chi connectivity index (χ4v) is 6.99. The van der Waals surface area contributed by atoms with Crippen LogP contribution in [-0.4, -0.2) is 52.1 Å². The van der Waals surface area contributed by atoms with Crippen LogP contribution in [0.25, 0.3) is 0 Å². The average Bonchev–Trinajstić information content (AvgIpc) is 3.05. The van der Waals surface area contributed by atoms with Gasteiger partial charge in [0.25, 0.3) is 0 Å². The Morgan fingerprint density at radius 1 is 0.911 bits per heavy atom. The van der Waals surface area contributed by atoms with Gasteiger partial charge in [0.1, 0.15) is 11.3 Å². The number of hydrogen-bond donors (Lipinski definition) is 2. The molecule has 0 aliphatic carbocycles. The molecule has 1 aliphatic rings. The molecule has 0 radical (unpaired) electrons. The van der Waals surface area contributed by atoms with Crippen molar-refractivity contribution in [1.29, 1.82) is 0 Å². The van der Waals surface area contributed by atoms with Crippen LogP contribution in [-0.2, 0) is 20.7 Å². The number of rotatable bonds is 13. The quantitative estimate of drug-likeness (QED) is 0.151. The Hall–Kier alpha value is -4.33.